The Morgan fingerprint density at radius 1 is 1.06 bits per heavy atom. The lowest BCUT2D eigenvalue weighted by Gasteiger charge is -2.17. The van der Waals surface area contributed by atoms with Crippen molar-refractivity contribution in [3.8, 4) is 0 Å². The minimum Gasteiger partial charge on any atom is -0.0884 e. The fraction of sp³-hybridized carbons (Fsp3) is 0.333. The van der Waals surface area contributed by atoms with Crippen molar-refractivity contribution in [3.63, 3.8) is 0 Å². The number of hydrogen-bond donors (Lipinski definition) is 0. The van der Waals surface area contributed by atoms with Gasteiger partial charge in [0.05, 0.1) is 0 Å². The Kier molecular flexibility index (Phi) is 3.65. The van der Waals surface area contributed by atoms with Crippen LogP contribution < -0.4 is 0 Å². The van der Waals surface area contributed by atoms with Crippen molar-refractivity contribution in [3.05, 3.63) is 48.0 Å². The van der Waals surface area contributed by atoms with Crippen LogP contribution in [-0.4, -0.2) is 4.83 Å². The first-order valence-electron chi connectivity index (χ1n) is 5.85. The minimum absolute atomic E-state index is 0.564. The summed E-state index contributed by atoms with van der Waals surface area (Å²) in [7, 11) is 0. The summed E-state index contributed by atoms with van der Waals surface area (Å²) in [5.41, 5.74) is 1.42. The molecule has 0 aromatic heterocycles. The predicted octanol–water partition coefficient (Wildman–Crippen LogP) is 5.12. The van der Waals surface area contributed by atoms with Gasteiger partial charge < -0.3 is 0 Å². The molecule has 0 bridgehead atoms. The van der Waals surface area contributed by atoms with E-state index in [0.717, 1.165) is 6.42 Å². The van der Waals surface area contributed by atoms with Gasteiger partial charge in [0.15, 0.2) is 0 Å². The van der Waals surface area contributed by atoms with Gasteiger partial charge in [-0.3, -0.25) is 0 Å². The molecule has 2 atom stereocenters. The van der Waals surface area contributed by atoms with Crippen LogP contribution in [0, 0.1) is 0 Å². The van der Waals surface area contributed by atoms with Gasteiger partial charge in [-0.1, -0.05) is 72.2 Å². The van der Waals surface area contributed by atoms with Gasteiger partial charge in [-0.2, -0.15) is 0 Å². The zero-order valence-corrected chi connectivity index (χ0v) is 11.4. The highest BCUT2D eigenvalue weighted by Gasteiger charge is 2.13. The fourth-order valence-electron chi connectivity index (χ4n) is 2.05. The summed E-state index contributed by atoms with van der Waals surface area (Å²) in [6.07, 6.45) is 1.16. The Balaban J connectivity index is 2.39. The molecule has 2 aromatic rings. The predicted molar refractivity (Wildman–Crippen MR) is 75.4 cm³/mol. The van der Waals surface area contributed by atoms with Crippen LogP contribution in [0.3, 0.4) is 0 Å². The van der Waals surface area contributed by atoms with Crippen molar-refractivity contribution in [2.45, 2.75) is 31.0 Å². The van der Waals surface area contributed by atoms with Crippen molar-refractivity contribution in [1.29, 1.82) is 0 Å². The molecule has 0 nitrogen and oxygen atoms in total. The zero-order chi connectivity index (χ0) is 11.5. The van der Waals surface area contributed by atoms with Crippen LogP contribution in [0.2, 0.25) is 0 Å². The van der Waals surface area contributed by atoms with Crippen LogP contribution in [0.1, 0.15) is 31.7 Å². The monoisotopic (exact) mass is 276 g/mol. The van der Waals surface area contributed by atoms with Gasteiger partial charge in [0, 0.05) is 4.83 Å². The van der Waals surface area contributed by atoms with Gasteiger partial charge in [0.25, 0.3) is 0 Å². The molecule has 0 spiro atoms. The number of halogens is 1. The smallest absolute Gasteiger partial charge is 0.0209 e. The second-order valence-electron chi connectivity index (χ2n) is 4.32. The van der Waals surface area contributed by atoms with Gasteiger partial charge in [0.1, 0.15) is 0 Å². The number of alkyl halides is 1. The molecule has 0 aliphatic rings. The zero-order valence-electron chi connectivity index (χ0n) is 9.78. The van der Waals surface area contributed by atoms with E-state index in [1.54, 1.807) is 0 Å². The molecular formula is C15H17Br. The highest BCUT2D eigenvalue weighted by Crippen LogP contribution is 2.28. The van der Waals surface area contributed by atoms with Crippen LogP contribution >= 0.6 is 15.9 Å². The highest BCUT2D eigenvalue weighted by atomic mass is 79.9. The van der Waals surface area contributed by atoms with Gasteiger partial charge in [-0.15, -0.1) is 0 Å². The van der Waals surface area contributed by atoms with Crippen molar-refractivity contribution in [2.24, 2.45) is 0 Å². The quantitative estimate of drug-likeness (QED) is 0.683. The van der Waals surface area contributed by atoms with Crippen molar-refractivity contribution < 1.29 is 0 Å². The molecule has 0 saturated carbocycles. The summed E-state index contributed by atoms with van der Waals surface area (Å²) in [6.45, 7) is 4.50. The van der Waals surface area contributed by atoms with E-state index in [1.165, 1.54) is 16.3 Å². The van der Waals surface area contributed by atoms with Gasteiger partial charge >= 0.3 is 0 Å². The van der Waals surface area contributed by atoms with Gasteiger partial charge in [-0.25, -0.2) is 0 Å². The van der Waals surface area contributed by atoms with E-state index < -0.39 is 0 Å². The molecular weight excluding hydrogens is 260 g/mol. The van der Waals surface area contributed by atoms with E-state index in [4.69, 9.17) is 0 Å². The van der Waals surface area contributed by atoms with E-state index in [9.17, 15) is 0 Å². The number of fused-ring (bicyclic) bond motifs is 1. The lowest BCUT2D eigenvalue weighted by Crippen LogP contribution is -2.07. The summed E-state index contributed by atoms with van der Waals surface area (Å²) < 4.78 is 0. The first kappa shape index (κ1) is 11.7. The third kappa shape index (κ3) is 2.30. The SMILES string of the molecule is CCC(Br)C(C)c1ccc2ccccc2c1. The Morgan fingerprint density at radius 3 is 2.44 bits per heavy atom. The molecule has 16 heavy (non-hydrogen) atoms. The van der Waals surface area contributed by atoms with Crippen LogP contribution in [0.25, 0.3) is 10.8 Å². The second-order valence-corrected chi connectivity index (χ2v) is 5.50. The standard InChI is InChI=1S/C15H17Br/c1-3-15(16)11(2)13-9-8-12-6-4-5-7-14(12)10-13/h4-11,15H,3H2,1-2H3. The van der Waals surface area contributed by atoms with Crippen LogP contribution in [0.15, 0.2) is 42.5 Å². The highest BCUT2D eigenvalue weighted by molar-refractivity contribution is 9.09. The second kappa shape index (κ2) is 5.01. The maximum atomic E-state index is 3.74. The maximum absolute atomic E-state index is 3.74. The number of hydrogen-bond acceptors (Lipinski definition) is 0. The van der Waals surface area contributed by atoms with Gasteiger partial charge in [-0.05, 0) is 28.7 Å². The Bertz CT molecular complexity index is 476. The topological polar surface area (TPSA) is 0 Å². The molecule has 0 N–H and O–H groups in total. The summed E-state index contributed by atoms with van der Waals surface area (Å²) in [6, 6.07) is 15.3. The number of benzene rings is 2. The lowest BCUT2D eigenvalue weighted by molar-refractivity contribution is 0.695. The lowest BCUT2D eigenvalue weighted by atomic mass is 9.94. The van der Waals surface area contributed by atoms with E-state index in [-0.39, 0.29) is 0 Å². The molecule has 84 valence electrons. The van der Waals surface area contributed by atoms with E-state index in [1.807, 2.05) is 0 Å². The largest absolute Gasteiger partial charge is 0.0884 e. The van der Waals surface area contributed by atoms with Crippen molar-refractivity contribution >= 4 is 26.7 Å². The average molecular weight is 277 g/mol. The van der Waals surface area contributed by atoms with Crippen LogP contribution in [0.5, 0.6) is 0 Å². The van der Waals surface area contributed by atoms with Crippen molar-refractivity contribution in [1.82, 2.24) is 0 Å². The van der Waals surface area contributed by atoms with Crippen LogP contribution in [0.4, 0.5) is 0 Å². The first-order chi connectivity index (χ1) is 7.72. The minimum atomic E-state index is 0.564. The summed E-state index contributed by atoms with van der Waals surface area (Å²) >= 11 is 3.74. The summed E-state index contributed by atoms with van der Waals surface area (Å²) in [5, 5.41) is 2.66. The first-order valence-corrected chi connectivity index (χ1v) is 6.76. The van der Waals surface area contributed by atoms with Crippen LogP contribution in [-0.2, 0) is 0 Å². The van der Waals surface area contributed by atoms with E-state index in [0.29, 0.717) is 10.7 Å². The van der Waals surface area contributed by atoms with Gasteiger partial charge in [0.2, 0.25) is 0 Å². The Morgan fingerprint density at radius 2 is 1.75 bits per heavy atom. The third-order valence-electron chi connectivity index (χ3n) is 3.23. The normalized spacial score (nSPS) is 14.9. The molecule has 0 radical (unpaired) electrons. The molecule has 2 aromatic carbocycles. The Hall–Kier alpha value is -0.820. The maximum Gasteiger partial charge on any atom is 0.0209 e. The van der Waals surface area contributed by atoms with Crippen molar-refractivity contribution in [2.75, 3.05) is 0 Å². The van der Waals surface area contributed by atoms with E-state index in [2.05, 4.69) is 72.2 Å². The molecule has 0 fully saturated rings. The molecule has 0 amide bonds. The average Bonchev–Trinajstić information content (AvgIpc) is 2.36. The summed E-state index contributed by atoms with van der Waals surface area (Å²) in [5.74, 6) is 0.564. The number of rotatable bonds is 3. The molecule has 2 rings (SSSR count). The molecule has 0 heterocycles. The Labute approximate surface area is 106 Å². The molecule has 1 heteroatoms. The molecule has 0 aliphatic heterocycles. The fourth-order valence-corrected chi connectivity index (χ4v) is 2.36. The molecule has 0 saturated heterocycles. The van der Waals surface area contributed by atoms with E-state index >= 15 is 0 Å². The third-order valence-corrected chi connectivity index (χ3v) is 4.67. The molecule has 0 aliphatic carbocycles. The summed E-state index contributed by atoms with van der Waals surface area (Å²) in [4.78, 5) is 0.564. The molecule has 2 unspecified atom stereocenters.